The molecule has 2 aromatic heterocycles. The molecule has 1 unspecified atom stereocenters. The number of phenolic OH excluding ortho intramolecular Hbond substituents is 1. The predicted octanol–water partition coefficient (Wildman–Crippen LogP) is 4.70. The molecule has 0 fully saturated rings. The number of hydrogen-bond acceptors (Lipinski definition) is 2. The molecular formula is C23H20F3N3O+2. The van der Waals surface area contributed by atoms with Crippen molar-refractivity contribution in [3.05, 3.63) is 95.3 Å². The summed E-state index contributed by atoms with van der Waals surface area (Å²) < 4.78 is 39.0. The lowest BCUT2D eigenvalue weighted by atomic mass is 9.95. The molecule has 0 radical (unpaired) electrons. The van der Waals surface area contributed by atoms with Gasteiger partial charge in [0.15, 0.2) is 11.9 Å². The van der Waals surface area contributed by atoms with Crippen LogP contribution in [0.15, 0.2) is 72.9 Å². The molecule has 4 nitrogen and oxygen atoms in total. The summed E-state index contributed by atoms with van der Waals surface area (Å²) in [7, 11) is 0. The van der Waals surface area contributed by atoms with Gasteiger partial charge >= 0.3 is 6.18 Å². The number of aryl methyl sites for hydroxylation is 1. The van der Waals surface area contributed by atoms with Gasteiger partial charge in [0.05, 0.1) is 16.6 Å². The molecule has 0 amide bonds. The van der Waals surface area contributed by atoms with Gasteiger partial charge in [-0.15, -0.1) is 0 Å². The first-order chi connectivity index (χ1) is 14.3. The third-order valence-corrected chi connectivity index (χ3v) is 4.96. The SMILES string of the molecule is Cc1cccc(NC(c2ccc(C(F)(F)F)cc2)c2ccc3ccc[nH+]c3c2O)[nH+]1. The fraction of sp³-hybridized carbons (Fsp3) is 0.130. The molecule has 2 aromatic carbocycles. The fourth-order valence-electron chi connectivity index (χ4n) is 3.46. The van der Waals surface area contributed by atoms with Gasteiger partial charge in [-0.2, -0.15) is 13.2 Å². The molecule has 4 N–H and O–H groups in total. The van der Waals surface area contributed by atoms with E-state index in [1.165, 1.54) is 12.1 Å². The Bertz CT molecular complexity index is 1190. The Morgan fingerprint density at radius 3 is 2.40 bits per heavy atom. The van der Waals surface area contributed by atoms with Crippen molar-refractivity contribution < 1.29 is 28.2 Å². The molecule has 7 heteroatoms. The second-order valence-electron chi connectivity index (χ2n) is 7.08. The standard InChI is InChI=1S/C23H18F3N3O/c1-14-4-2-6-19(28-14)29-20(16-7-10-17(11-8-16)23(24,25)26)18-12-9-15-5-3-13-27-21(15)22(18)30/h2-13,20,30H,1H3,(H,28,29)/p+2. The zero-order valence-electron chi connectivity index (χ0n) is 16.1. The van der Waals surface area contributed by atoms with Crippen molar-refractivity contribution in [2.75, 3.05) is 5.32 Å². The van der Waals surface area contributed by atoms with Crippen LogP contribution in [0.2, 0.25) is 0 Å². The van der Waals surface area contributed by atoms with E-state index < -0.39 is 17.8 Å². The molecule has 2 heterocycles. The topological polar surface area (TPSA) is 60.5 Å². The molecule has 0 saturated carbocycles. The van der Waals surface area contributed by atoms with Crippen LogP contribution in [0.1, 0.15) is 28.4 Å². The number of aromatic nitrogens is 2. The minimum atomic E-state index is -4.41. The van der Waals surface area contributed by atoms with E-state index in [0.29, 0.717) is 22.5 Å². The number of hydrogen-bond donors (Lipinski definition) is 2. The molecule has 4 rings (SSSR count). The largest absolute Gasteiger partial charge is 0.502 e. The van der Waals surface area contributed by atoms with Gasteiger partial charge in [-0.1, -0.05) is 18.2 Å². The number of aromatic hydroxyl groups is 1. The Morgan fingerprint density at radius 1 is 0.933 bits per heavy atom. The van der Waals surface area contributed by atoms with Crippen molar-refractivity contribution in [3.8, 4) is 5.75 Å². The van der Waals surface area contributed by atoms with Crippen LogP contribution in [0.4, 0.5) is 19.0 Å². The second-order valence-corrected chi connectivity index (χ2v) is 7.08. The number of aromatic amines is 2. The van der Waals surface area contributed by atoms with Crippen LogP contribution < -0.4 is 15.3 Å². The smallest absolute Gasteiger partial charge is 0.416 e. The molecule has 0 bridgehead atoms. The Labute approximate surface area is 171 Å². The number of fused-ring (bicyclic) bond motifs is 1. The lowest BCUT2D eigenvalue weighted by molar-refractivity contribution is -0.371. The van der Waals surface area contributed by atoms with E-state index in [1.54, 1.807) is 12.3 Å². The maximum atomic E-state index is 13.0. The normalized spacial score (nSPS) is 12.7. The summed E-state index contributed by atoms with van der Waals surface area (Å²) in [5, 5.41) is 15.1. The van der Waals surface area contributed by atoms with Crippen LogP contribution in [-0.2, 0) is 6.18 Å². The lowest BCUT2D eigenvalue weighted by Crippen LogP contribution is -2.21. The Morgan fingerprint density at radius 2 is 1.70 bits per heavy atom. The zero-order valence-corrected chi connectivity index (χ0v) is 16.1. The number of pyridine rings is 2. The van der Waals surface area contributed by atoms with Gasteiger partial charge in [0.25, 0.3) is 11.3 Å². The van der Waals surface area contributed by atoms with Gasteiger partial charge in [0.1, 0.15) is 6.04 Å². The first-order valence-corrected chi connectivity index (χ1v) is 9.38. The molecule has 30 heavy (non-hydrogen) atoms. The lowest BCUT2D eigenvalue weighted by Gasteiger charge is -2.17. The summed E-state index contributed by atoms with van der Waals surface area (Å²) in [5.41, 5.74) is 1.88. The van der Waals surface area contributed by atoms with Crippen LogP contribution in [0.25, 0.3) is 10.9 Å². The summed E-state index contributed by atoms with van der Waals surface area (Å²) in [6.45, 7) is 1.90. The summed E-state index contributed by atoms with van der Waals surface area (Å²) in [6.07, 6.45) is -2.70. The van der Waals surface area contributed by atoms with Gasteiger partial charge in [-0.3, -0.25) is 5.32 Å². The fourth-order valence-corrected chi connectivity index (χ4v) is 3.46. The van der Waals surface area contributed by atoms with E-state index in [-0.39, 0.29) is 5.75 Å². The first-order valence-electron chi connectivity index (χ1n) is 9.38. The average Bonchev–Trinajstić information content (AvgIpc) is 2.72. The number of rotatable bonds is 4. The first kappa shape index (κ1) is 19.7. The van der Waals surface area contributed by atoms with Gasteiger partial charge in [-0.05, 0) is 43.3 Å². The predicted molar refractivity (Wildman–Crippen MR) is 107 cm³/mol. The number of alkyl halides is 3. The van der Waals surface area contributed by atoms with Crippen LogP contribution >= 0.6 is 0 Å². The summed E-state index contributed by atoms with van der Waals surface area (Å²) in [6, 6.07) is 17.3. The quantitative estimate of drug-likeness (QED) is 0.511. The molecule has 152 valence electrons. The number of nitrogens with one attached hydrogen (secondary N) is 3. The molecule has 0 saturated heterocycles. The van der Waals surface area contributed by atoms with E-state index in [2.05, 4.69) is 15.3 Å². The number of phenols is 1. The highest BCUT2D eigenvalue weighted by atomic mass is 19.4. The van der Waals surface area contributed by atoms with E-state index in [4.69, 9.17) is 0 Å². The highest BCUT2D eigenvalue weighted by molar-refractivity contribution is 5.83. The van der Waals surface area contributed by atoms with Gasteiger partial charge < -0.3 is 5.11 Å². The van der Waals surface area contributed by atoms with Gasteiger partial charge in [-0.25, -0.2) is 9.97 Å². The van der Waals surface area contributed by atoms with Gasteiger partial charge in [0, 0.05) is 23.3 Å². The molecule has 0 aliphatic rings. The van der Waals surface area contributed by atoms with E-state index >= 15 is 0 Å². The van der Waals surface area contributed by atoms with Gasteiger partial charge in [0.2, 0.25) is 0 Å². The summed E-state index contributed by atoms with van der Waals surface area (Å²) >= 11 is 0. The van der Waals surface area contributed by atoms with Crippen LogP contribution in [0.3, 0.4) is 0 Å². The van der Waals surface area contributed by atoms with E-state index in [0.717, 1.165) is 23.2 Å². The van der Waals surface area contributed by atoms with Crippen LogP contribution in [0, 0.1) is 6.92 Å². The highest BCUT2D eigenvalue weighted by Gasteiger charge is 2.31. The zero-order chi connectivity index (χ0) is 21.3. The minimum absolute atomic E-state index is 0.0400. The van der Waals surface area contributed by atoms with E-state index in [1.807, 2.05) is 43.3 Å². The summed E-state index contributed by atoms with van der Waals surface area (Å²) in [4.78, 5) is 6.22. The molecule has 0 aliphatic heterocycles. The van der Waals surface area contributed by atoms with Crippen molar-refractivity contribution in [1.82, 2.24) is 0 Å². The highest BCUT2D eigenvalue weighted by Crippen LogP contribution is 2.36. The molecule has 0 aliphatic carbocycles. The van der Waals surface area contributed by atoms with Crippen LogP contribution in [-0.4, -0.2) is 5.11 Å². The van der Waals surface area contributed by atoms with Crippen LogP contribution in [0.5, 0.6) is 5.75 Å². The maximum absolute atomic E-state index is 13.0. The average molecular weight is 411 g/mol. The number of halogens is 3. The Balaban J connectivity index is 1.82. The summed E-state index contributed by atoms with van der Waals surface area (Å²) in [5.74, 6) is 0.717. The maximum Gasteiger partial charge on any atom is 0.416 e. The van der Waals surface area contributed by atoms with Crippen molar-refractivity contribution >= 4 is 16.7 Å². The monoisotopic (exact) mass is 411 g/mol. The molecule has 1 atom stereocenters. The third kappa shape index (κ3) is 3.91. The molecule has 0 spiro atoms. The van der Waals surface area contributed by atoms with Crippen molar-refractivity contribution in [1.29, 1.82) is 0 Å². The van der Waals surface area contributed by atoms with Crippen molar-refractivity contribution in [3.63, 3.8) is 0 Å². The Kier molecular flexibility index (Phi) is 5.03. The number of H-pyrrole nitrogens is 2. The number of anilines is 1. The minimum Gasteiger partial charge on any atom is -0.502 e. The second kappa shape index (κ2) is 7.67. The van der Waals surface area contributed by atoms with E-state index in [9.17, 15) is 18.3 Å². The number of benzene rings is 2. The molecule has 4 aromatic rings. The third-order valence-electron chi connectivity index (χ3n) is 4.96. The Hall–Kier alpha value is -3.61. The molecular weight excluding hydrogens is 391 g/mol. The van der Waals surface area contributed by atoms with Crippen molar-refractivity contribution in [2.45, 2.75) is 19.1 Å². The van der Waals surface area contributed by atoms with Crippen molar-refractivity contribution in [2.24, 2.45) is 0 Å².